The molecule has 0 fully saturated rings. The first-order chi connectivity index (χ1) is 8.82. The Morgan fingerprint density at radius 2 is 2.05 bits per heavy atom. The van der Waals surface area contributed by atoms with E-state index in [9.17, 15) is 17.8 Å². The highest BCUT2D eigenvalue weighted by Crippen LogP contribution is 2.21. The zero-order valence-corrected chi connectivity index (χ0v) is 11.4. The lowest BCUT2D eigenvalue weighted by Gasteiger charge is -2.10. The fraction of sp³-hybridized carbons (Fsp3) is 0.417. The molecule has 1 aromatic rings. The van der Waals surface area contributed by atoms with Crippen molar-refractivity contribution in [3.8, 4) is 0 Å². The minimum Gasteiger partial charge on any atom is -0.477 e. The zero-order valence-electron chi connectivity index (χ0n) is 10.6. The fourth-order valence-electron chi connectivity index (χ4n) is 1.34. The largest absolute Gasteiger partial charge is 0.477 e. The van der Waals surface area contributed by atoms with Gasteiger partial charge in [-0.2, -0.15) is 0 Å². The van der Waals surface area contributed by atoms with Crippen molar-refractivity contribution in [2.45, 2.75) is 20.3 Å². The first kappa shape index (κ1) is 15.6. The van der Waals surface area contributed by atoms with Crippen molar-refractivity contribution in [2.75, 3.05) is 10.5 Å². The first-order valence-corrected chi connectivity index (χ1v) is 7.01. The van der Waals surface area contributed by atoms with E-state index in [0.29, 0.717) is 18.1 Å². The van der Waals surface area contributed by atoms with E-state index in [0.717, 1.165) is 12.1 Å². The summed E-state index contributed by atoms with van der Waals surface area (Å²) in [4.78, 5) is 10.7. The van der Waals surface area contributed by atoms with E-state index in [2.05, 4.69) is 4.72 Å². The quantitative estimate of drug-likeness (QED) is 0.847. The van der Waals surface area contributed by atoms with E-state index in [1.54, 1.807) is 0 Å². The number of hydrogen-bond donors (Lipinski definition) is 2. The van der Waals surface area contributed by atoms with E-state index in [-0.39, 0.29) is 5.69 Å². The van der Waals surface area contributed by atoms with Crippen LogP contribution in [0.2, 0.25) is 0 Å². The molecule has 7 heteroatoms. The first-order valence-electron chi connectivity index (χ1n) is 5.69. The van der Waals surface area contributed by atoms with Crippen molar-refractivity contribution < 1.29 is 22.9 Å². The molecule has 19 heavy (non-hydrogen) atoms. The Morgan fingerprint density at radius 3 is 2.58 bits per heavy atom. The second-order valence-corrected chi connectivity index (χ2v) is 5.73. The van der Waals surface area contributed by atoms with Crippen LogP contribution in [0.4, 0.5) is 14.5 Å². The van der Waals surface area contributed by atoms with Crippen LogP contribution >= 0.6 is 0 Å². The van der Waals surface area contributed by atoms with Crippen LogP contribution in [0.1, 0.15) is 30.6 Å². The molecule has 1 unspecified atom stereocenters. The summed E-state index contributed by atoms with van der Waals surface area (Å²) in [6, 6.07) is 1.86. The molecule has 0 saturated heterocycles. The predicted molar refractivity (Wildman–Crippen MR) is 69.4 cm³/mol. The van der Waals surface area contributed by atoms with Crippen molar-refractivity contribution in [3.63, 3.8) is 0 Å². The monoisotopic (exact) mass is 291 g/mol. The molecule has 106 valence electrons. The molecule has 0 aliphatic rings. The van der Waals surface area contributed by atoms with Gasteiger partial charge < -0.3 is 9.83 Å². The third kappa shape index (κ3) is 4.27. The highest BCUT2D eigenvalue weighted by atomic mass is 32.2. The zero-order chi connectivity index (χ0) is 14.6. The van der Waals surface area contributed by atoms with Gasteiger partial charge in [0, 0.05) is 5.75 Å². The summed E-state index contributed by atoms with van der Waals surface area (Å²) >= 11 is 0. The van der Waals surface area contributed by atoms with E-state index < -0.39 is 34.2 Å². The van der Waals surface area contributed by atoms with Crippen LogP contribution < -0.4 is 4.72 Å². The van der Waals surface area contributed by atoms with Crippen molar-refractivity contribution >= 4 is 22.6 Å². The van der Waals surface area contributed by atoms with Crippen LogP contribution in [-0.2, 0) is 11.0 Å². The number of hydrogen-bond acceptors (Lipinski definition) is 2. The van der Waals surface area contributed by atoms with Crippen LogP contribution in [0.5, 0.6) is 0 Å². The standard InChI is InChI=1S/C12H15F2NO3S/c1-7(2)5-6-19(18)15-9-4-3-8(13)10(11(9)14)12(16)17/h3-4,7,15H,5-6H2,1-2H3,(H,16,17). The summed E-state index contributed by atoms with van der Waals surface area (Å²) in [5.74, 6) is -3.46. The molecule has 0 saturated carbocycles. The Hall–Kier alpha value is -1.50. The molecule has 2 N–H and O–H groups in total. The highest BCUT2D eigenvalue weighted by Gasteiger charge is 2.20. The predicted octanol–water partition coefficient (Wildman–Crippen LogP) is 2.78. The van der Waals surface area contributed by atoms with Crippen molar-refractivity contribution in [1.29, 1.82) is 0 Å². The molecule has 0 amide bonds. The van der Waals surface area contributed by atoms with E-state index in [4.69, 9.17) is 5.11 Å². The summed E-state index contributed by atoms with van der Waals surface area (Å²) in [7, 11) is -1.54. The van der Waals surface area contributed by atoms with Crippen LogP contribution in [0.25, 0.3) is 0 Å². The van der Waals surface area contributed by atoms with Gasteiger partial charge in [-0.05, 0) is 24.5 Å². The van der Waals surface area contributed by atoms with Gasteiger partial charge in [-0.15, -0.1) is 0 Å². The second-order valence-electron chi connectivity index (χ2n) is 4.42. The van der Waals surface area contributed by atoms with E-state index in [1.807, 2.05) is 13.8 Å². The van der Waals surface area contributed by atoms with Crippen LogP contribution in [0, 0.1) is 17.6 Å². The lowest BCUT2D eigenvalue weighted by molar-refractivity contribution is 0.0686. The third-order valence-corrected chi connectivity index (χ3v) is 3.46. The molecular formula is C12H15F2NO3S. The van der Waals surface area contributed by atoms with Crippen LogP contribution in [0.15, 0.2) is 12.1 Å². The Kier molecular flexibility index (Phi) is 5.41. The number of nitrogens with one attached hydrogen (secondary N) is 1. The molecule has 0 aliphatic carbocycles. The SMILES string of the molecule is CC(C)CCS(=O)Nc1ccc(F)c(C(=O)O)c1F. The molecule has 1 atom stereocenters. The van der Waals surface area contributed by atoms with Crippen molar-refractivity contribution in [1.82, 2.24) is 0 Å². The maximum Gasteiger partial charge on any atom is 0.341 e. The van der Waals surface area contributed by atoms with Gasteiger partial charge in [0.15, 0.2) is 5.82 Å². The number of carboxylic acid groups (broad SMARTS) is 1. The molecule has 0 spiro atoms. The minimum absolute atomic E-state index is 0.277. The van der Waals surface area contributed by atoms with Gasteiger partial charge in [-0.1, -0.05) is 13.8 Å². The van der Waals surface area contributed by atoms with Gasteiger partial charge >= 0.3 is 5.97 Å². The Bertz CT molecular complexity index is 506. The Morgan fingerprint density at radius 1 is 1.42 bits per heavy atom. The van der Waals surface area contributed by atoms with Crippen molar-refractivity contribution in [3.05, 3.63) is 29.3 Å². The van der Waals surface area contributed by atoms with Crippen LogP contribution in [-0.4, -0.2) is 21.0 Å². The average molecular weight is 291 g/mol. The summed E-state index contributed by atoms with van der Waals surface area (Å²) in [5.41, 5.74) is -1.33. The molecule has 1 aromatic carbocycles. The van der Waals surface area contributed by atoms with Crippen molar-refractivity contribution in [2.24, 2.45) is 5.92 Å². The van der Waals surface area contributed by atoms with Gasteiger partial charge in [0.05, 0.1) is 5.69 Å². The lowest BCUT2D eigenvalue weighted by atomic mass is 10.2. The molecule has 0 heterocycles. The Balaban J connectivity index is 2.88. The lowest BCUT2D eigenvalue weighted by Crippen LogP contribution is -2.14. The summed E-state index contributed by atoms with van der Waals surface area (Å²) in [6.07, 6.45) is 0.675. The van der Waals surface area contributed by atoms with Gasteiger partial charge in [-0.25, -0.2) is 17.8 Å². The minimum atomic E-state index is -1.70. The molecule has 0 radical (unpaired) electrons. The molecule has 4 nitrogen and oxygen atoms in total. The highest BCUT2D eigenvalue weighted by molar-refractivity contribution is 7.86. The van der Waals surface area contributed by atoms with Gasteiger partial charge in [0.2, 0.25) is 0 Å². The number of anilines is 1. The molecular weight excluding hydrogens is 276 g/mol. The summed E-state index contributed by atoms with van der Waals surface area (Å²) in [6.45, 7) is 3.91. The summed E-state index contributed by atoms with van der Waals surface area (Å²) < 4.78 is 40.9. The number of carboxylic acids is 1. The third-order valence-electron chi connectivity index (χ3n) is 2.41. The topological polar surface area (TPSA) is 66.4 Å². The number of halogens is 2. The molecule has 0 aromatic heterocycles. The summed E-state index contributed by atoms with van der Waals surface area (Å²) in [5, 5.41) is 8.70. The maximum atomic E-state index is 13.7. The number of benzene rings is 1. The average Bonchev–Trinajstić information content (AvgIpc) is 2.30. The second kappa shape index (κ2) is 6.60. The fourth-order valence-corrected chi connectivity index (χ4v) is 2.53. The Labute approximate surface area is 112 Å². The van der Waals surface area contributed by atoms with E-state index >= 15 is 0 Å². The van der Waals surface area contributed by atoms with Gasteiger partial charge in [0.1, 0.15) is 22.4 Å². The molecule has 0 aliphatic heterocycles. The van der Waals surface area contributed by atoms with Gasteiger partial charge in [0.25, 0.3) is 0 Å². The number of aromatic carboxylic acids is 1. The van der Waals surface area contributed by atoms with Crippen LogP contribution in [0.3, 0.4) is 0 Å². The molecule has 1 rings (SSSR count). The van der Waals surface area contributed by atoms with E-state index in [1.165, 1.54) is 0 Å². The number of rotatable bonds is 6. The number of carbonyl (C=O) groups is 1. The molecule has 0 bridgehead atoms. The smallest absolute Gasteiger partial charge is 0.341 e. The van der Waals surface area contributed by atoms with Gasteiger partial charge in [-0.3, -0.25) is 0 Å². The maximum absolute atomic E-state index is 13.7. The normalized spacial score (nSPS) is 12.5.